The maximum Gasteiger partial charge on any atom is 0.168 e. The predicted octanol–water partition coefficient (Wildman–Crippen LogP) is 2.12. The molecule has 0 aliphatic carbocycles. The summed E-state index contributed by atoms with van der Waals surface area (Å²) in [5.41, 5.74) is 3.13. The summed E-state index contributed by atoms with van der Waals surface area (Å²) < 4.78 is 2.03. The van der Waals surface area contributed by atoms with Gasteiger partial charge in [-0.1, -0.05) is 36.4 Å². The van der Waals surface area contributed by atoms with Gasteiger partial charge in [0, 0.05) is 23.9 Å². The number of hydrogen-bond acceptors (Lipinski definition) is 3. The van der Waals surface area contributed by atoms with E-state index >= 15 is 0 Å². The lowest BCUT2D eigenvalue weighted by Gasteiger charge is -2.03. The van der Waals surface area contributed by atoms with E-state index in [1.54, 1.807) is 0 Å². The van der Waals surface area contributed by atoms with Gasteiger partial charge in [-0.15, -0.1) is 10.2 Å². The minimum atomic E-state index is 0.789. The fourth-order valence-corrected chi connectivity index (χ4v) is 2.08. The molecular formula is C14H14N4. The first-order valence-corrected chi connectivity index (χ1v) is 5.93. The molecule has 3 rings (SSSR count). The van der Waals surface area contributed by atoms with Gasteiger partial charge in [-0.25, -0.2) is 0 Å². The molecular weight excluding hydrogens is 224 g/mol. The van der Waals surface area contributed by atoms with Crippen LogP contribution in [0.2, 0.25) is 0 Å². The van der Waals surface area contributed by atoms with E-state index in [2.05, 4.69) is 21.6 Å². The van der Waals surface area contributed by atoms with Crippen LogP contribution in [0, 0.1) is 0 Å². The molecule has 0 atom stereocenters. The van der Waals surface area contributed by atoms with Crippen LogP contribution in [0.1, 0.15) is 5.56 Å². The average Bonchev–Trinajstić information content (AvgIpc) is 2.85. The van der Waals surface area contributed by atoms with Gasteiger partial charge in [0.25, 0.3) is 0 Å². The summed E-state index contributed by atoms with van der Waals surface area (Å²) in [6.45, 7) is 0.789. The Morgan fingerprint density at radius 2 is 1.89 bits per heavy atom. The van der Waals surface area contributed by atoms with Crippen molar-refractivity contribution in [1.29, 1.82) is 0 Å². The molecule has 4 nitrogen and oxygen atoms in total. The van der Waals surface area contributed by atoms with Crippen molar-refractivity contribution in [3.8, 4) is 11.4 Å². The number of fused-ring (bicyclic) bond motifs is 1. The zero-order valence-corrected chi connectivity index (χ0v) is 10.2. The highest BCUT2D eigenvalue weighted by molar-refractivity contribution is 5.61. The van der Waals surface area contributed by atoms with Crippen molar-refractivity contribution >= 4 is 5.65 Å². The Morgan fingerprint density at radius 3 is 2.67 bits per heavy atom. The summed E-state index contributed by atoms with van der Waals surface area (Å²) >= 11 is 0. The van der Waals surface area contributed by atoms with Gasteiger partial charge in [0.2, 0.25) is 0 Å². The summed E-state index contributed by atoms with van der Waals surface area (Å²) in [4.78, 5) is 0. The molecule has 0 aliphatic rings. The van der Waals surface area contributed by atoms with Crippen LogP contribution in [0.25, 0.3) is 17.0 Å². The molecule has 1 N–H and O–H groups in total. The molecule has 0 saturated carbocycles. The Hall–Kier alpha value is -2.20. The molecule has 1 aromatic carbocycles. The van der Waals surface area contributed by atoms with Crippen molar-refractivity contribution in [3.05, 3.63) is 54.2 Å². The monoisotopic (exact) mass is 238 g/mol. The second-order valence-electron chi connectivity index (χ2n) is 4.15. The SMILES string of the molecule is CNCc1cccn2c(-c3ccccc3)nnc12. The van der Waals surface area contributed by atoms with Gasteiger partial charge in [0.05, 0.1) is 0 Å². The Kier molecular flexibility index (Phi) is 2.78. The van der Waals surface area contributed by atoms with E-state index in [0.29, 0.717) is 0 Å². The topological polar surface area (TPSA) is 42.2 Å². The predicted molar refractivity (Wildman–Crippen MR) is 71.2 cm³/mol. The molecule has 0 fully saturated rings. The van der Waals surface area contributed by atoms with E-state index in [-0.39, 0.29) is 0 Å². The van der Waals surface area contributed by atoms with Gasteiger partial charge in [-0.05, 0) is 13.1 Å². The van der Waals surface area contributed by atoms with Crippen molar-refractivity contribution in [2.75, 3.05) is 7.05 Å². The Balaban J connectivity index is 2.18. The van der Waals surface area contributed by atoms with Crippen LogP contribution < -0.4 is 5.32 Å². The van der Waals surface area contributed by atoms with Crippen molar-refractivity contribution in [3.63, 3.8) is 0 Å². The standard InChI is InChI=1S/C14H14N4/c1-15-10-12-8-5-9-18-13(16-17-14(12)18)11-6-3-2-4-7-11/h2-9,15H,10H2,1H3. The third kappa shape index (κ3) is 1.76. The van der Waals surface area contributed by atoms with E-state index in [4.69, 9.17) is 0 Å². The second-order valence-corrected chi connectivity index (χ2v) is 4.15. The molecule has 0 bridgehead atoms. The summed E-state index contributed by atoms with van der Waals surface area (Å²) in [6, 6.07) is 14.2. The molecule has 90 valence electrons. The quantitative estimate of drug-likeness (QED) is 0.760. The highest BCUT2D eigenvalue weighted by Crippen LogP contribution is 2.19. The van der Waals surface area contributed by atoms with Crippen molar-refractivity contribution in [1.82, 2.24) is 19.9 Å². The summed E-state index contributed by atoms with van der Waals surface area (Å²) in [5.74, 6) is 0.878. The molecule has 0 aliphatic heterocycles. The first-order valence-electron chi connectivity index (χ1n) is 5.93. The fraction of sp³-hybridized carbons (Fsp3) is 0.143. The van der Waals surface area contributed by atoms with E-state index in [0.717, 1.165) is 29.1 Å². The van der Waals surface area contributed by atoms with E-state index < -0.39 is 0 Å². The molecule has 0 unspecified atom stereocenters. The van der Waals surface area contributed by atoms with Gasteiger partial charge >= 0.3 is 0 Å². The highest BCUT2D eigenvalue weighted by atomic mass is 15.2. The molecule has 0 saturated heterocycles. The molecule has 3 aromatic rings. The van der Waals surface area contributed by atoms with Crippen LogP contribution in [0.4, 0.5) is 0 Å². The van der Waals surface area contributed by atoms with Crippen LogP contribution >= 0.6 is 0 Å². The maximum atomic E-state index is 4.29. The lowest BCUT2D eigenvalue weighted by molar-refractivity contribution is 0.816. The van der Waals surface area contributed by atoms with Crippen LogP contribution in [0.15, 0.2) is 48.7 Å². The van der Waals surface area contributed by atoms with Gasteiger partial charge in [-0.3, -0.25) is 4.40 Å². The number of hydrogen-bond donors (Lipinski definition) is 1. The Bertz CT molecular complexity index is 658. The molecule has 18 heavy (non-hydrogen) atoms. The number of nitrogens with zero attached hydrogens (tertiary/aromatic N) is 3. The van der Waals surface area contributed by atoms with Gasteiger partial charge in [0.1, 0.15) is 0 Å². The van der Waals surface area contributed by atoms with Crippen LogP contribution in [0.3, 0.4) is 0 Å². The van der Waals surface area contributed by atoms with Crippen molar-refractivity contribution < 1.29 is 0 Å². The largest absolute Gasteiger partial charge is 0.316 e. The molecule has 2 aromatic heterocycles. The molecule has 0 radical (unpaired) electrons. The van der Waals surface area contributed by atoms with Gasteiger partial charge < -0.3 is 5.32 Å². The van der Waals surface area contributed by atoms with Crippen LogP contribution in [0.5, 0.6) is 0 Å². The van der Waals surface area contributed by atoms with Gasteiger partial charge in [0.15, 0.2) is 11.5 Å². The Labute approximate surface area is 105 Å². The van der Waals surface area contributed by atoms with E-state index in [9.17, 15) is 0 Å². The average molecular weight is 238 g/mol. The zero-order chi connectivity index (χ0) is 12.4. The van der Waals surface area contributed by atoms with Gasteiger partial charge in [-0.2, -0.15) is 0 Å². The lowest BCUT2D eigenvalue weighted by atomic mass is 10.2. The van der Waals surface area contributed by atoms with Crippen LogP contribution in [-0.2, 0) is 6.54 Å². The van der Waals surface area contributed by atoms with Crippen molar-refractivity contribution in [2.45, 2.75) is 6.54 Å². The van der Waals surface area contributed by atoms with Crippen LogP contribution in [-0.4, -0.2) is 21.6 Å². The summed E-state index contributed by atoms with van der Waals surface area (Å²) in [7, 11) is 1.93. The smallest absolute Gasteiger partial charge is 0.168 e. The molecule has 0 amide bonds. The minimum Gasteiger partial charge on any atom is -0.316 e. The second kappa shape index (κ2) is 4.58. The summed E-state index contributed by atoms with van der Waals surface area (Å²) in [5, 5.41) is 11.7. The Morgan fingerprint density at radius 1 is 1.06 bits per heavy atom. The zero-order valence-electron chi connectivity index (χ0n) is 10.2. The molecule has 4 heteroatoms. The number of pyridine rings is 1. The molecule has 2 heterocycles. The first-order chi connectivity index (χ1) is 8.90. The highest BCUT2D eigenvalue weighted by Gasteiger charge is 2.09. The molecule has 0 spiro atoms. The van der Waals surface area contributed by atoms with Crippen molar-refractivity contribution in [2.24, 2.45) is 0 Å². The number of nitrogens with one attached hydrogen (secondary N) is 1. The number of benzene rings is 1. The minimum absolute atomic E-state index is 0.789. The third-order valence-corrected chi connectivity index (χ3v) is 2.91. The van der Waals surface area contributed by atoms with E-state index in [1.807, 2.05) is 54.0 Å². The number of aromatic nitrogens is 3. The number of rotatable bonds is 3. The normalized spacial score (nSPS) is 10.9. The maximum absolute atomic E-state index is 4.29. The lowest BCUT2D eigenvalue weighted by Crippen LogP contribution is -2.06. The fourth-order valence-electron chi connectivity index (χ4n) is 2.08. The first kappa shape index (κ1) is 10.9. The summed E-state index contributed by atoms with van der Waals surface area (Å²) in [6.07, 6.45) is 2.00. The third-order valence-electron chi connectivity index (χ3n) is 2.91. The van der Waals surface area contributed by atoms with E-state index in [1.165, 1.54) is 0 Å².